The molecule has 0 aromatic carbocycles. The van der Waals surface area contributed by atoms with Gasteiger partial charge in [-0.2, -0.15) is 0 Å². The van der Waals surface area contributed by atoms with E-state index in [1.807, 2.05) is 0 Å². The van der Waals surface area contributed by atoms with E-state index in [2.05, 4.69) is 53.1 Å². The van der Waals surface area contributed by atoms with Gasteiger partial charge in [0, 0.05) is 26.1 Å². The molecule has 1 aliphatic heterocycles. The summed E-state index contributed by atoms with van der Waals surface area (Å²) in [5.41, 5.74) is 0.279. The first kappa shape index (κ1) is 22.2. The molecule has 1 aromatic heterocycles. The number of guanidine groups is 1. The van der Waals surface area contributed by atoms with E-state index in [4.69, 9.17) is 4.99 Å². The molecule has 0 bridgehead atoms. The molecule has 0 amide bonds. The Kier molecular flexibility index (Phi) is 9.74. The third-order valence-corrected chi connectivity index (χ3v) is 4.60. The van der Waals surface area contributed by atoms with Gasteiger partial charge in [0.1, 0.15) is 12.4 Å². The van der Waals surface area contributed by atoms with Gasteiger partial charge in [-0.05, 0) is 25.2 Å². The lowest BCUT2D eigenvalue weighted by molar-refractivity contribution is 0.318. The molecule has 0 fully saturated rings. The van der Waals surface area contributed by atoms with Crippen molar-refractivity contribution in [3.8, 4) is 0 Å². The highest BCUT2D eigenvalue weighted by Gasteiger charge is 2.19. The molecule has 1 aromatic rings. The molecule has 6 nitrogen and oxygen atoms in total. The summed E-state index contributed by atoms with van der Waals surface area (Å²) < 4.78 is 2.21. The molecule has 2 heterocycles. The standard InChI is InChI=1S/C18H34N6.HI/c1-5-7-8-11-18(3,4)14-21-17(19-6-2)20-13-16-23-22-15-10-9-12-24(15)16;/h5-14H2,1-4H3,(H2,19,20,21);1H. The summed E-state index contributed by atoms with van der Waals surface area (Å²) in [6, 6.07) is 0. The van der Waals surface area contributed by atoms with E-state index in [-0.39, 0.29) is 29.4 Å². The first-order chi connectivity index (χ1) is 11.6. The summed E-state index contributed by atoms with van der Waals surface area (Å²) in [5.74, 6) is 2.95. The van der Waals surface area contributed by atoms with Crippen LogP contribution < -0.4 is 10.6 Å². The topological polar surface area (TPSA) is 67.1 Å². The van der Waals surface area contributed by atoms with Crippen molar-refractivity contribution in [2.75, 3.05) is 13.1 Å². The van der Waals surface area contributed by atoms with Crippen molar-refractivity contribution in [2.24, 2.45) is 10.4 Å². The zero-order valence-corrected chi connectivity index (χ0v) is 18.6. The van der Waals surface area contributed by atoms with Gasteiger partial charge in [0.05, 0.1) is 0 Å². The Morgan fingerprint density at radius 1 is 1.20 bits per heavy atom. The van der Waals surface area contributed by atoms with E-state index in [0.717, 1.165) is 43.7 Å². The van der Waals surface area contributed by atoms with Crippen LogP contribution in [0.3, 0.4) is 0 Å². The van der Waals surface area contributed by atoms with Gasteiger partial charge >= 0.3 is 0 Å². The molecule has 0 aliphatic carbocycles. The summed E-state index contributed by atoms with van der Waals surface area (Å²) >= 11 is 0. The van der Waals surface area contributed by atoms with Crippen molar-refractivity contribution < 1.29 is 0 Å². The zero-order valence-electron chi connectivity index (χ0n) is 16.3. The molecule has 0 radical (unpaired) electrons. The number of hydrogen-bond acceptors (Lipinski definition) is 3. The Morgan fingerprint density at radius 2 is 2.00 bits per heavy atom. The van der Waals surface area contributed by atoms with Crippen molar-refractivity contribution in [1.29, 1.82) is 0 Å². The van der Waals surface area contributed by atoms with Gasteiger partial charge < -0.3 is 15.2 Å². The minimum Gasteiger partial charge on any atom is -0.357 e. The molecule has 2 N–H and O–H groups in total. The van der Waals surface area contributed by atoms with Crippen molar-refractivity contribution in [1.82, 2.24) is 25.4 Å². The van der Waals surface area contributed by atoms with Crippen LogP contribution >= 0.6 is 24.0 Å². The van der Waals surface area contributed by atoms with E-state index < -0.39 is 0 Å². The second-order valence-corrected chi connectivity index (χ2v) is 7.46. The summed E-state index contributed by atoms with van der Waals surface area (Å²) in [5, 5.41) is 15.4. The predicted octanol–water partition coefficient (Wildman–Crippen LogP) is 3.50. The third kappa shape index (κ3) is 7.11. The summed E-state index contributed by atoms with van der Waals surface area (Å²) in [6.45, 7) is 12.4. The number of hydrogen-bond donors (Lipinski definition) is 2. The van der Waals surface area contributed by atoms with Gasteiger partial charge in [0.2, 0.25) is 0 Å². The molecule has 0 spiro atoms. The van der Waals surface area contributed by atoms with Crippen LogP contribution in [0.15, 0.2) is 4.99 Å². The van der Waals surface area contributed by atoms with Crippen LogP contribution in [0.5, 0.6) is 0 Å². The van der Waals surface area contributed by atoms with E-state index in [0.29, 0.717) is 6.54 Å². The molecule has 7 heteroatoms. The normalized spacial score (nSPS) is 14.2. The Balaban J connectivity index is 0.00000312. The number of aryl methyl sites for hydroxylation is 1. The monoisotopic (exact) mass is 462 g/mol. The first-order valence-corrected chi connectivity index (χ1v) is 9.49. The van der Waals surface area contributed by atoms with Gasteiger partial charge in [-0.15, -0.1) is 34.2 Å². The number of aromatic nitrogens is 3. The lowest BCUT2D eigenvalue weighted by atomic mass is 9.87. The van der Waals surface area contributed by atoms with Crippen LogP contribution in [0.2, 0.25) is 0 Å². The first-order valence-electron chi connectivity index (χ1n) is 9.49. The molecule has 144 valence electrons. The highest BCUT2D eigenvalue weighted by molar-refractivity contribution is 14.0. The predicted molar refractivity (Wildman–Crippen MR) is 114 cm³/mol. The second-order valence-electron chi connectivity index (χ2n) is 7.46. The number of fused-ring (bicyclic) bond motifs is 1. The maximum absolute atomic E-state index is 4.70. The third-order valence-electron chi connectivity index (χ3n) is 4.60. The fourth-order valence-corrected chi connectivity index (χ4v) is 3.08. The summed E-state index contributed by atoms with van der Waals surface area (Å²) in [4.78, 5) is 4.70. The minimum atomic E-state index is 0. The highest BCUT2D eigenvalue weighted by atomic mass is 127. The van der Waals surface area contributed by atoms with E-state index in [9.17, 15) is 0 Å². The van der Waals surface area contributed by atoms with Crippen molar-refractivity contribution >= 4 is 29.9 Å². The van der Waals surface area contributed by atoms with Crippen LogP contribution in [0.4, 0.5) is 0 Å². The molecule has 25 heavy (non-hydrogen) atoms. The van der Waals surface area contributed by atoms with Crippen molar-refractivity contribution in [3.05, 3.63) is 11.6 Å². The number of nitrogens with one attached hydrogen (secondary N) is 2. The Hall–Kier alpha value is -0.860. The molecular formula is C18H35IN6. The van der Waals surface area contributed by atoms with Crippen LogP contribution in [0, 0.1) is 5.41 Å². The molecule has 0 saturated heterocycles. The molecule has 1 aliphatic rings. The molecule has 0 unspecified atom stereocenters. The number of halogens is 1. The zero-order chi connectivity index (χ0) is 17.4. The number of nitrogens with zero attached hydrogens (tertiary/aromatic N) is 4. The summed E-state index contributed by atoms with van der Waals surface area (Å²) in [7, 11) is 0. The second kappa shape index (κ2) is 11.0. The molecule has 2 rings (SSSR count). The smallest absolute Gasteiger partial charge is 0.191 e. The Morgan fingerprint density at radius 3 is 2.72 bits per heavy atom. The fourth-order valence-electron chi connectivity index (χ4n) is 3.08. The van der Waals surface area contributed by atoms with Gasteiger partial charge in [0.15, 0.2) is 11.8 Å². The Bertz CT molecular complexity index is 538. The van der Waals surface area contributed by atoms with Gasteiger partial charge in [-0.3, -0.25) is 0 Å². The maximum Gasteiger partial charge on any atom is 0.191 e. The number of aliphatic imine (C=N–C) groups is 1. The van der Waals surface area contributed by atoms with Crippen molar-refractivity contribution in [2.45, 2.75) is 79.3 Å². The summed E-state index contributed by atoms with van der Waals surface area (Å²) in [6.07, 6.45) is 7.34. The van der Waals surface area contributed by atoms with E-state index in [1.165, 1.54) is 32.1 Å². The van der Waals surface area contributed by atoms with Crippen molar-refractivity contribution in [3.63, 3.8) is 0 Å². The molecular weight excluding hydrogens is 427 g/mol. The minimum absolute atomic E-state index is 0. The van der Waals surface area contributed by atoms with Crippen LogP contribution in [-0.2, 0) is 19.5 Å². The quantitative estimate of drug-likeness (QED) is 0.255. The van der Waals surface area contributed by atoms with E-state index in [1.54, 1.807) is 0 Å². The number of rotatable bonds is 9. The average Bonchev–Trinajstić information content (AvgIpc) is 3.14. The average molecular weight is 462 g/mol. The fraction of sp³-hybridized carbons (Fsp3) is 0.833. The van der Waals surface area contributed by atoms with Gasteiger partial charge in [-0.25, -0.2) is 4.99 Å². The maximum atomic E-state index is 4.70. The molecule has 0 saturated carbocycles. The highest BCUT2D eigenvalue weighted by Crippen LogP contribution is 2.22. The van der Waals surface area contributed by atoms with Crippen LogP contribution in [0.25, 0.3) is 0 Å². The van der Waals surface area contributed by atoms with Crippen LogP contribution in [-0.4, -0.2) is 33.8 Å². The molecule has 0 atom stereocenters. The van der Waals surface area contributed by atoms with E-state index >= 15 is 0 Å². The van der Waals surface area contributed by atoms with Gasteiger partial charge in [0.25, 0.3) is 0 Å². The SMILES string of the molecule is CCCCCC(C)(C)CNC(=NCc1nnc2n1CCC2)NCC.I. The van der Waals surface area contributed by atoms with Gasteiger partial charge in [-0.1, -0.05) is 40.0 Å². The lowest BCUT2D eigenvalue weighted by Gasteiger charge is -2.26. The largest absolute Gasteiger partial charge is 0.357 e. The number of unbranched alkanes of at least 4 members (excludes halogenated alkanes) is 2. The Labute approximate surface area is 169 Å². The lowest BCUT2D eigenvalue weighted by Crippen LogP contribution is -2.42. The van der Waals surface area contributed by atoms with Crippen LogP contribution in [0.1, 0.15) is 71.4 Å².